The molecule has 0 unspecified atom stereocenters. The van der Waals surface area contributed by atoms with E-state index in [1.165, 1.54) is 0 Å². The molecule has 34 heavy (non-hydrogen) atoms. The minimum absolute atomic E-state index is 0.0443. The van der Waals surface area contributed by atoms with Gasteiger partial charge in [-0.05, 0) is 29.3 Å². The molecule has 5 rings (SSSR count). The number of esters is 1. The topological polar surface area (TPSA) is 79.4 Å². The van der Waals surface area contributed by atoms with Crippen molar-refractivity contribution < 1.29 is 23.9 Å². The number of carbonyl (C=O) groups is 3. The molecule has 178 valence electrons. The Balaban J connectivity index is 1.20. The first-order valence-electron chi connectivity index (χ1n) is 11.8. The van der Waals surface area contributed by atoms with Gasteiger partial charge in [0.1, 0.15) is 6.10 Å². The lowest BCUT2D eigenvalue weighted by atomic mass is 9.93. The van der Waals surface area contributed by atoms with E-state index in [1.54, 1.807) is 12.1 Å². The van der Waals surface area contributed by atoms with E-state index in [0.29, 0.717) is 76.6 Å². The van der Waals surface area contributed by atoms with Crippen molar-refractivity contribution in [3.05, 3.63) is 70.8 Å². The van der Waals surface area contributed by atoms with E-state index < -0.39 is 0 Å². The highest BCUT2D eigenvalue weighted by Gasteiger charge is 2.30. The van der Waals surface area contributed by atoms with E-state index in [-0.39, 0.29) is 23.9 Å². The van der Waals surface area contributed by atoms with Gasteiger partial charge in [0.15, 0.2) is 0 Å². The lowest BCUT2D eigenvalue weighted by Crippen LogP contribution is -2.52. The molecule has 2 aromatic carbocycles. The van der Waals surface area contributed by atoms with Gasteiger partial charge in [0.05, 0.1) is 25.3 Å². The number of fused-ring (bicyclic) bond motifs is 1. The van der Waals surface area contributed by atoms with Gasteiger partial charge in [0, 0.05) is 51.3 Å². The number of nitrogens with zero attached hydrogens (tertiary/aromatic N) is 3. The molecule has 0 bridgehead atoms. The predicted octanol–water partition coefficient (Wildman–Crippen LogP) is 1.76. The zero-order chi connectivity index (χ0) is 23.5. The van der Waals surface area contributed by atoms with Gasteiger partial charge in [0.2, 0.25) is 5.91 Å². The fourth-order valence-corrected chi connectivity index (χ4v) is 4.78. The van der Waals surface area contributed by atoms with Crippen LogP contribution >= 0.6 is 0 Å². The van der Waals surface area contributed by atoms with Crippen LogP contribution in [0.25, 0.3) is 0 Å². The number of ether oxygens (including phenoxy) is 2. The predicted molar refractivity (Wildman–Crippen MR) is 124 cm³/mol. The largest absolute Gasteiger partial charge is 0.454 e. The van der Waals surface area contributed by atoms with E-state index in [1.807, 2.05) is 46.2 Å². The first kappa shape index (κ1) is 22.6. The van der Waals surface area contributed by atoms with Crippen LogP contribution in [0.2, 0.25) is 0 Å². The summed E-state index contributed by atoms with van der Waals surface area (Å²) in [6, 6.07) is 14.9. The number of carbonyl (C=O) groups excluding carboxylic acids is 3. The Morgan fingerprint density at radius 2 is 1.62 bits per heavy atom. The highest BCUT2D eigenvalue weighted by molar-refractivity contribution is 5.98. The third-order valence-corrected chi connectivity index (χ3v) is 6.78. The summed E-state index contributed by atoms with van der Waals surface area (Å²) in [6.07, 6.45) is 0.197. The lowest BCUT2D eigenvalue weighted by Gasteiger charge is -2.36. The van der Waals surface area contributed by atoms with Crippen molar-refractivity contribution in [2.45, 2.75) is 12.5 Å². The molecule has 3 aliphatic heterocycles. The van der Waals surface area contributed by atoms with Crippen molar-refractivity contribution in [1.29, 1.82) is 0 Å². The van der Waals surface area contributed by atoms with E-state index in [4.69, 9.17) is 9.47 Å². The van der Waals surface area contributed by atoms with Crippen molar-refractivity contribution in [3.63, 3.8) is 0 Å². The average Bonchev–Trinajstić information content (AvgIpc) is 2.89. The zero-order valence-electron chi connectivity index (χ0n) is 19.2. The van der Waals surface area contributed by atoms with Crippen LogP contribution in [0.15, 0.2) is 48.5 Å². The number of cyclic esters (lactones) is 1. The van der Waals surface area contributed by atoms with Crippen LogP contribution in [-0.4, -0.2) is 91.5 Å². The van der Waals surface area contributed by atoms with E-state index in [9.17, 15) is 14.4 Å². The average molecular weight is 464 g/mol. The second-order valence-electron chi connectivity index (χ2n) is 8.94. The Morgan fingerprint density at radius 3 is 2.35 bits per heavy atom. The van der Waals surface area contributed by atoms with E-state index in [0.717, 1.165) is 11.1 Å². The summed E-state index contributed by atoms with van der Waals surface area (Å²) in [6.45, 7) is 5.33. The van der Waals surface area contributed by atoms with Crippen LogP contribution in [0.5, 0.6) is 0 Å². The van der Waals surface area contributed by atoms with Crippen LogP contribution in [-0.2, 0) is 20.7 Å². The van der Waals surface area contributed by atoms with Crippen molar-refractivity contribution >= 4 is 17.8 Å². The quantitative estimate of drug-likeness (QED) is 0.643. The van der Waals surface area contributed by atoms with Crippen LogP contribution in [0.3, 0.4) is 0 Å². The first-order chi connectivity index (χ1) is 16.6. The van der Waals surface area contributed by atoms with Gasteiger partial charge in [-0.1, -0.05) is 30.3 Å². The molecule has 0 radical (unpaired) electrons. The number of morpholine rings is 1. The van der Waals surface area contributed by atoms with Gasteiger partial charge in [-0.25, -0.2) is 4.79 Å². The summed E-state index contributed by atoms with van der Waals surface area (Å²) in [4.78, 5) is 44.0. The number of piperazine rings is 1. The number of rotatable bonds is 4. The minimum atomic E-state index is -0.354. The molecule has 0 aliphatic carbocycles. The summed E-state index contributed by atoms with van der Waals surface area (Å²) in [5, 5.41) is 0. The minimum Gasteiger partial charge on any atom is -0.454 e. The number of benzene rings is 2. The van der Waals surface area contributed by atoms with Gasteiger partial charge in [0.25, 0.3) is 5.91 Å². The highest BCUT2D eigenvalue weighted by atomic mass is 16.5. The molecule has 1 atom stereocenters. The van der Waals surface area contributed by atoms with Gasteiger partial charge < -0.3 is 19.3 Å². The van der Waals surface area contributed by atoms with Gasteiger partial charge in [-0.2, -0.15) is 0 Å². The Kier molecular flexibility index (Phi) is 6.60. The molecule has 0 N–H and O–H groups in total. The Bertz CT molecular complexity index is 1060. The third-order valence-electron chi connectivity index (χ3n) is 6.78. The number of amides is 2. The van der Waals surface area contributed by atoms with Crippen LogP contribution in [0.1, 0.15) is 37.9 Å². The molecule has 2 fully saturated rings. The monoisotopic (exact) mass is 463 g/mol. The smallest absolute Gasteiger partial charge is 0.339 e. The number of hydrogen-bond donors (Lipinski definition) is 0. The van der Waals surface area contributed by atoms with Crippen molar-refractivity contribution in [2.75, 3.05) is 59.0 Å². The molecule has 0 spiro atoms. The molecule has 2 amide bonds. The molecule has 3 heterocycles. The van der Waals surface area contributed by atoms with Crippen LogP contribution in [0, 0.1) is 0 Å². The summed E-state index contributed by atoms with van der Waals surface area (Å²) < 4.78 is 10.9. The SMILES string of the molecule is O=C1O[C@H](c2ccccc2)Cc2cc(C(=O)N3CCN(CC(=O)N4CCOCC4)CC3)ccc21. The molecule has 8 nitrogen and oxygen atoms in total. The molecule has 2 saturated heterocycles. The van der Waals surface area contributed by atoms with Crippen LogP contribution in [0.4, 0.5) is 0 Å². The summed E-state index contributed by atoms with van der Waals surface area (Å²) in [5.41, 5.74) is 2.89. The van der Waals surface area contributed by atoms with E-state index in [2.05, 4.69) is 4.90 Å². The maximum atomic E-state index is 13.2. The van der Waals surface area contributed by atoms with Gasteiger partial charge >= 0.3 is 5.97 Å². The fraction of sp³-hybridized carbons (Fsp3) is 0.423. The van der Waals surface area contributed by atoms with Gasteiger partial charge in [-0.3, -0.25) is 14.5 Å². The maximum Gasteiger partial charge on any atom is 0.339 e. The molecule has 3 aliphatic rings. The highest BCUT2D eigenvalue weighted by Crippen LogP contribution is 2.31. The Labute approximate surface area is 199 Å². The Hall–Kier alpha value is -3.23. The Morgan fingerprint density at radius 1 is 0.882 bits per heavy atom. The fourth-order valence-electron chi connectivity index (χ4n) is 4.78. The second kappa shape index (κ2) is 9.95. The third kappa shape index (κ3) is 4.83. The molecule has 2 aromatic rings. The first-order valence-corrected chi connectivity index (χ1v) is 11.8. The molecule has 0 saturated carbocycles. The van der Waals surface area contributed by atoms with Crippen LogP contribution < -0.4 is 0 Å². The lowest BCUT2D eigenvalue weighted by molar-refractivity contribution is -0.136. The van der Waals surface area contributed by atoms with E-state index >= 15 is 0 Å². The van der Waals surface area contributed by atoms with Crippen molar-refractivity contribution in [2.24, 2.45) is 0 Å². The summed E-state index contributed by atoms with van der Waals surface area (Å²) >= 11 is 0. The molecular weight excluding hydrogens is 434 g/mol. The second-order valence-corrected chi connectivity index (χ2v) is 8.94. The summed E-state index contributed by atoms with van der Waals surface area (Å²) in [7, 11) is 0. The molecule has 0 aromatic heterocycles. The standard InChI is InChI=1S/C26H29N3O5/c30-24(28-12-14-33-15-13-28)18-27-8-10-29(11-9-27)25(31)20-6-7-22-21(16-20)17-23(34-26(22)32)19-4-2-1-3-5-19/h1-7,16,23H,8-15,17-18H2/t23-/m0/s1. The van der Waals surface area contributed by atoms with Crippen molar-refractivity contribution in [3.8, 4) is 0 Å². The zero-order valence-corrected chi connectivity index (χ0v) is 19.2. The molecular formula is C26H29N3O5. The van der Waals surface area contributed by atoms with Crippen molar-refractivity contribution in [1.82, 2.24) is 14.7 Å². The number of hydrogen-bond acceptors (Lipinski definition) is 6. The normalized spacial score (nSPS) is 21.1. The molecule has 8 heteroatoms. The maximum absolute atomic E-state index is 13.2. The van der Waals surface area contributed by atoms with Gasteiger partial charge in [-0.15, -0.1) is 0 Å². The summed E-state index contributed by atoms with van der Waals surface area (Å²) in [5.74, 6) is -0.276.